The zero-order chi connectivity index (χ0) is 10.8. The molecule has 1 heterocycles. The van der Waals surface area contributed by atoms with E-state index < -0.39 is 18.6 Å². The van der Waals surface area contributed by atoms with Gasteiger partial charge in [-0.15, -0.1) is 0 Å². The average molecular weight is 207 g/mol. The van der Waals surface area contributed by atoms with Crippen LogP contribution in [0.15, 0.2) is 16.7 Å². The molecule has 0 fully saturated rings. The molecule has 5 heteroatoms. The predicted molar refractivity (Wildman–Crippen MR) is 45.7 cm³/mol. The fourth-order valence-electron chi connectivity index (χ4n) is 1.25. The van der Waals surface area contributed by atoms with E-state index in [9.17, 15) is 13.2 Å². The summed E-state index contributed by atoms with van der Waals surface area (Å²) >= 11 is 0. The lowest BCUT2D eigenvalue weighted by molar-refractivity contribution is -0.136. The molecule has 1 rings (SSSR count). The SMILES string of the molecule is Cc1occc1C(N)CCC(F)(F)F. The summed E-state index contributed by atoms with van der Waals surface area (Å²) in [4.78, 5) is 0. The number of rotatable bonds is 3. The summed E-state index contributed by atoms with van der Waals surface area (Å²) in [5.74, 6) is 0.583. The average Bonchev–Trinajstić information content (AvgIpc) is 2.46. The van der Waals surface area contributed by atoms with Crippen molar-refractivity contribution in [3.63, 3.8) is 0 Å². The first-order chi connectivity index (χ1) is 6.40. The van der Waals surface area contributed by atoms with Gasteiger partial charge in [0.15, 0.2) is 0 Å². The quantitative estimate of drug-likeness (QED) is 0.827. The molecule has 2 nitrogen and oxygen atoms in total. The highest BCUT2D eigenvalue weighted by Crippen LogP contribution is 2.27. The topological polar surface area (TPSA) is 39.2 Å². The fraction of sp³-hybridized carbons (Fsp3) is 0.556. The smallest absolute Gasteiger partial charge is 0.389 e. The third-order valence-electron chi connectivity index (χ3n) is 2.04. The van der Waals surface area contributed by atoms with Crippen molar-refractivity contribution in [1.82, 2.24) is 0 Å². The minimum absolute atomic E-state index is 0.107. The molecule has 1 aromatic heterocycles. The number of furan rings is 1. The minimum atomic E-state index is -4.14. The van der Waals surface area contributed by atoms with E-state index in [1.165, 1.54) is 6.26 Å². The maximum atomic E-state index is 11.9. The van der Waals surface area contributed by atoms with Crippen LogP contribution < -0.4 is 5.73 Å². The Bertz CT molecular complexity index is 292. The van der Waals surface area contributed by atoms with Gasteiger partial charge in [0.05, 0.1) is 6.26 Å². The van der Waals surface area contributed by atoms with Gasteiger partial charge in [-0.3, -0.25) is 0 Å². The summed E-state index contributed by atoms with van der Waals surface area (Å²) < 4.78 is 40.6. The second-order valence-corrected chi connectivity index (χ2v) is 3.19. The molecule has 1 atom stereocenters. The molecule has 0 saturated heterocycles. The summed E-state index contributed by atoms with van der Waals surface area (Å²) in [6.45, 7) is 1.68. The van der Waals surface area contributed by atoms with Crippen molar-refractivity contribution in [2.45, 2.75) is 32.0 Å². The van der Waals surface area contributed by atoms with Gasteiger partial charge >= 0.3 is 6.18 Å². The molecule has 1 unspecified atom stereocenters. The molecule has 0 saturated carbocycles. The highest BCUT2D eigenvalue weighted by atomic mass is 19.4. The standard InChI is InChI=1S/C9H12F3NO/c1-6-7(3-5-14-6)8(13)2-4-9(10,11)12/h3,5,8H,2,4,13H2,1H3. The van der Waals surface area contributed by atoms with Gasteiger partial charge in [0.2, 0.25) is 0 Å². The third-order valence-corrected chi connectivity index (χ3v) is 2.04. The van der Waals surface area contributed by atoms with E-state index in [4.69, 9.17) is 10.2 Å². The minimum Gasteiger partial charge on any atom is -0.469 e. The van der Waals surface area contributed by atoms with Crippen molar-refractivity contribution in [2.24, 2.45) is 5.73 Å². The van der Waals surface area contributed by atoms with Gasteiger partial charge in [0.1, 0.15) is 5.76 Å². The van der Waals surface area contributed by atoms with Crippen molar-refractivity contribution in [1.29, 1.82) is 0 Å². The van der Waals surface area contributed by atoms with E-state index >= 15 is 0 Å². The first-order valence-electron chi connectivity index (χ1n) is 4.26. The number of alkyl halides is 3. The monoisotopic (exact) mass is 207 g/mol. The van der Waals surface area contributed by atoms with Crippen LogP contribution >= 0.6 is 0 Å². The Balaban J connectivity index is 2.51. The molecular weight excluding hydrogens is 195 g/mol. The van der Waals surface area contributed by atoms with E-state index in [0.717, 1.165) is 0 Å². The molecule has 0 aromatic carbocycles. The summed E-state index contributed by atoms with van der Waals surface area (Å²) in [6, 6.07) is 1.01. The van der Waals surface area contributed by atoms with Crippen LogP contribution in [0.25, 0.3) is 0 Å². The van der Waals surface area contributed by atoms with Crippen molar-refractivity contribution in [2.75, 3.05) is 0 Å². The first-order valence-corrected chi connectivity index (χ1v) is 4.26. The van der Waals surface area contributed by atoms with Crippen molar-refractivity contribution >= 4 is 0 Å². The number of hydrogen-bond acceptors (Lipinski definition) is 2. The number of hydrogen-bond donors (Lipinski definition) is 1. The van der Waals surface area contributed by atoms with E-state index in [0.29, 0.717) is 11.3 Å². The molecule has 80 valence electrons. The van der Waals surface area contributed by atoms with Crippen LogP contribution in [0.5, 0.6) is 0 Å². The number of halogens is 3. The first kappa shape index (κ1) is 11.1. The van der Waals surface area contributed by atoms with E-state index in [1.54, 1.807) is 13.0 Å². The molecule has 1 aromatic rings. The molecule has 0 aliphatic carbocycles. The van der Waals surface area contributed by atoms with Crippen LogP contribution in [-0.2, 0) is 0 Å². The second-order valence-electron chi connectivity index (χ2n) is 3.19. The Labute approximate surface area is 79.9 Å². The molecule has 0 amide bonds. The van der Waals surface area contributed by atoms with Crippen molar-refractivity contribution in [3.05, 3.63) is 23.7 Å². The molecule has 0 radical (unpaired) electrons. The van der Waals surface area contributed by atoms with Crippen molar-refractivity contribution in [3.8, 4) is 0 Å². The lowest BCUT2D eigenvalue weighted by atomic mass is 10.0. The highest BCUT2D eigenvalue weighted by Gasteiger charge is 2.28. The summed E-state index contributed by atoms with van der Waals surface area (Å²) in [5.41, 5.74) is 6.23. The molecular formula is C9H12F3NO. The van der Waals surface area contributed by atoms with E-state index in [1.807, 2.05) is 0 Å². The maximum absolute atomic E-state index is 11.9. The molecule has 0 aliphatic heterocycles. The lowest BCUT2D eigenvalue weighted by Crippen LogP contribution is -2.15. The van der Waals surface area contributed by atoms with Crippen LogP contribution in [-0.4, -0.2) is 6.18 Å². The Morgan fingerprint density at radius 3 is 2.57 bits per heavy atom. The summed E-state index contributed by atoms with van der Waals surface area (Å²) in [5, 5.41) is 0. The molecule has 0 bridgehead atoms. The lowest BCUT2D eigenvalue weighted by Gasteiger charge is -2.12. The predicted octanol–water partition coefficient (Wildman–Crippen LogP) is 2.93. The normalized spacial score (nSPS) is 14.4. The summed E-state index contributed by atoms with van der Waals surface area (Å²) in [7, 11) is 0. The van der Waals surface area contributed by atoms with Crippen LogP contribution in [0.2, 0.25) is 0 Å². The number of aryl methyl sites for hydroxylation is 1. The molecule has 2 N–H and O–H groups in total. The highest BCUT2D eigenvalue weighted by molar-refractivity contribution is 5.19. The van der Waals surface area contributed by atoms with Gasteiger partial charge in [-0.05, 0) is 19.4 Å². The van der Waals surface area contributed by atoms with Crippen molar-refractivity contribution < 1.29 is 17.6 Å². The van der Waals surface area contributed by atoms with Gasteiger partial charge in [-0.2, -0.15) is 13.2 Å². The van der Waals surface area contributed by atoms with E-state index in [2.05, 4.69) is 0 Å². The Morgan fingerprint density at radius 1 is 1.50 bits per heavy atom. The Morgan fingerprint density at radius 2 is 2.14 bits per heavy atom. The Kier molecular flexibility index (Phi) is 3.21. The second kappa shape index (κ2) is 4.04. The van der Waals surface area contributed by atoms with Crippen LogP contribution in [0.4, 0.5) is 13.2 Å². The van der Waals surface area contributed by atoms with Crippen LogP contribution in [0, 0.1) is 6.92 Å². The molecule has 0 spiro atoms. The van der Waals surface area contributed by atoms with Gasteiger partial charge in [0.25, 0.3) is 0 Å². The Hall–Kier alpha value is -0.970. The zero-order valence-electron chi connectivity index (χ0n) is 7.77. The fourth-order valence-corrected chi connectivity index (χ4v) is 1.25. The maximum Gasteiger partial charge on any atom is 0.389 e. The van der Waals surface area contributed by atoms with Gasteiger partial charge < -0.3 is 10.2 Å². The molecule has 0 aliphatic rings. The van der Waals surface area contributed by atoms with Gasteiger partial charge in [-0.1, -0.05) is 0 Å². The van der Waals surface area contributed by atoms with E-state index in [-0.39, 0.29) is 6.42 Å². The zero-order valence-corrected chi connectivity index (χ0v) is 7.77. The number of nitrogens with two attached hydrogens (primary N) is 1. The third kappa shape index (κ3) is 3.06. The van der Waals surface area contributed by atoms with Crippen LogP contribution in [0.1, 0.15) is 30.2 Å². The van der Waals surface area contributed by atoms with Gasteiger partial charge in [0, 0.05) is 18.0 Å². The van der Waals surface area contributed by atoms with Gasteiger partial charge in [-0.25, -0.2) is 0 Å². The largest absolute Gasteiger partial charge is 0.469 e. The molecule has 14 heavy (non-hydrogen) atoms. The summed E-state index contributed by atoms with van der Waals surface area (Å²) in [6.07, 6.45) is -3.68. The van der Waals surface area contributed by atoms with Crippen LogP contribution in [0.3, 0.4) is 0 Å².